The number of aryl methyl sites for hydroxylation is 1. The molecule has 0 unspecified atom stereocenters. The molecule has 2 heterocycles. The molecule has 0 bridgehead atoms. The number of halogens is 3. The lowest BCUT2D eigenvalue weighted by molar-refractivity contribution is -0.141. The van der Waals surface area contributed by atoms with Gasteiger partial charge in [-0.2, -0.15) is 13.2 Å². The van der Waals surface area contributed by atoms with E-state index >= 15 is 0 Å². The van der Waals surface area contributed by atoms with Crippen LogP contribution in [0, 0.1) is 13.8 Å². The number of fused-ring (bicyclic) bond motifs is 1. The fraction of sp³-hybridized carbons (Fsp3) is 0.214. The lowest BCUT2D eigenvalue weighted by Crippen LogP contribution is -2.17. The molecule has 0 aliphatic heterocycles. The van der Waals surface area contributed by atoms with Crippen molar-refractivity contribution in [2.45, 2.75) is 33.0 Å². The highest BCUT2D eigenvalue weighted by Crippen LogP contribution is 2.34. The number of rotatable bonds is 6. The highest BCUT2D eigenvalue weighted by molar-refractivity contribution is 5.93. The van der Waals surface area contributed by atoms with E-state index in [9.17, 15) is 27.9 Å². The van der Waals surface area contributed by atoms with Crippen molar-refractivity contribution in [3.05, 3.63) is 86.3 Å². The number of anilines is 2. The van der Waals surface area contributed by atoms with Gasteiger partial charge in [-0.3, -0.25) is 9.79 Å². The molecule has 1 atom stereocenters. The van der Waals surface area contributed by atoms with Gasteiger partial charge in [0.1, 0.15) is 17.0 Å². The van der Waals surface area contributed by atoms with Crippen LogP contribution in [0.1, 0.15) is 51.4 Å². The molecule has 0 fully saturated rings. The number of aliphatic imine (C=N–C) groups is 1. The Kier molecular flexibility index (Phi) is 7.18. The summed E-state index contributed by atoms with van der Waals surface area (Å²) in [4.78, 5) is 32.5. The second-order valence-electron chi connectivity index (χ2n) is 9.11. The summed E-state index contributed by atoms with van der Waals surface area (Å²) in [6.45, 7) is 5.12. The number of pyridine rings is 1. The molecule has 4 aromatic rings. The van der Waals surface area contributed by atoms with Crippen LogP contribution in [0.2, 0.25) is 0 Å². The Hall–Kier alpha value is -4.67. The molecule has 202 valence electrons. The predicted octanol–water partition coefficient (Wildman–Crippen LogP) is 5.99. The first-order chi connectivity index (χ1) is 18.3. The maximum atomic E-state index is 13.4. The number of aromatic carboxylic acids is 1. The number of alkyl halides is 3. The zero-order valence-electron chi connectivity index (χ0n) is 21.5. The fourth-order valence-electron chi connectivity index (χ4n) is 4.34. The largest absolute Gasteiger partial charge is 0.476 e. The van der Waals surface area contributed by atoms with Gasteiger partial charge in [-0.1, -0.05) is 6.07 Å². The molecule has 4 rings (SSSR count). The Morgan fingerprint density at radius 2 is 1.90 bits per heavy atom. The summed E-state index contributed by atoms with van der Waals surface area (Å²) in [5, 5.41) is 12.8. The van der Waals surface area contributed by atoms with Crippen molar-refractivity contribution in [1.29, 1.82) is 0 Å². The smallest absolute Gasteiger partial charge is 0.433 e. The number of nitrogen functional groups attached to an aromatic ring is 1. The molecule has 4 N–H and O–H groups in total. The number of nitrogens with one attached hydrogen (secondary N) is 1. The fourth-order valence-corrected chi connectivity index (χ4v) is 4.34. The number of hydrogen-bond acceptors (Lipinski definition) is 7. The number of benzene rings is 2. The minimum absolute atomic E-state index is 0.116. The van der Waals surface area contributed by atoms with Crippen molar-refractivity contribution >= 4 is 34.5 Å². The molecule has 0 spiro atoms. The summed E-state index contributed by atoms with van der Waals surface area (Å²) in [5.74, 6) is -1.30. The lowest BCUT2D eigenvalue weighted by atomic mass is 9.98. The van der Waals surface area contributed by atoms with Crippen molar-refractivity contribution in [1.82, 2.24) is 4.98 Å². The number of aromatic nitrogens is 1. The van der Waals surface area contributed by atoms with E-state index in [0.29, 0.717) is 45.2 Å². The molecule has 0 radical (unpaired) electrons. The van der Waals surface area contributed by atoms with Crippen LogP contribution in [0.4, 0.5) is 24.5 Å². The molecule has 0 aliphatic rings. The Morgan fingerprint density at radius 1 is 1.18 bits per heavy atom. The van der Waals surface area contributed by atoms with Crippen LogP contribution in [-0.2, 0) is 6.18 Å². The molecule has 0 saturated heterocycles. The van der Waals surface area contributed by atoms with E-state index in [1.165, 1.54) is 0 Å². The van der Waals surface area contributed by atoms with Crippen LogP contribution in [0.3, 0.4) is 0 Å². The highest BCUT2D eigenvalue weighted by atomic mass is 19.4. The van der Waals surface area contributed by atoms with E-state index in [0.717, 1.165) is 11.6 Å². The first-order valence-corrected chi connectivity index (χ1v) is 11.8. The number of nitrogens with two attached hydrogens (primary N) is 1. The summed E-state index contributed by atoms with van der Waals surface area (Å²) >= 11 is 0. The molecule has 0 aliphatic carbocycles. The zero-order valence-corrected chi connectivity index (χ0v) is 21.5. The quantitative estimate of drug-likeness (QED) is 0.203. The normalized spacial score (nSPS) is 12.7. The first-order valence-electron chi connectivity index (χ1n) is 11.8. The van der Waals surface area contributed by atoms with Crippen LogP contribution in [0.25, 0.3) is 22.3 Å². The third-order valence-electron chi connectivity index (χ3n) is 6.24. The van der Waals surface area contributed by atoms with Crippen LogP contribution in [0.5, 0.6) is 0 Å². The second kappa shape index (κ2) is 10.2. The van der Waals surface area contributed by atoms with Gasteiger partial charge in [-0.05, 0) is 62.7 Å². The van der Waals surface area contributed by atoms with Crippen LogP contribution in [0.15, 0.2) is 56.7 Å². The highest BCUT2D eigenvalue weighted by Gasteiger charge is 2.34. The number of nitrogens with zero attached hydrogens (tertiary/aromatic N) is 2. The van der Waals surface area contributed by atoms with E-state index in [-0.39, 0.29) is 16.7 Å². The van der Waals surface area contributed by atoms with Gasteiger partial charge in [0.2, 0.25) is 0 Å². The monoisotopic (exact) mass is 538 g/mol. The van der Waals surface area contributed by atoms with E-state index in [2.05, 4.69) is 15.3 Å². The SMILES string of the molecule is CN=Cc1cc(-c2oc3c([C@@H](C)Nc4ccc(C(F)(F)F)nc4C(=O)O)cc(C)cc3c(=O)c2C)ccc1N. The number of carboxylic acids is 1. The summed E-state index contributed by atoms with van der Waals surface area (Å²) in [6, 6.07) is 9.65. The summed E-state index contributed by atoms with van der Waals surface area (Å²) in [6.07, 6.45) is -3.21. The van der Waals surface area contributed by atoms with Gasteiger partial charge in [-0.15, -0.1) is 0 Å². The predicted molar refractivity (Wildman–Crippen MR) is 144 cm³/mol. The van der Waals surface area contributed by atoms with Gasteiger partial charge in [0.15, 0.2) is 11.1 Å². The van der Waals surface area contributed by atoms with Gasteiger partial charge in [0.25, 0.3) is 0 Å². The van der Waals surface area contributed by atoms with Gasteiger partial charge < -0.3 is 20.6 Å². The standard InChI is InChI=1S/C28H25F3N4O4/c1-13-9-18(15(3)34-21-7-8-22(28(29,30)31)35-23(21)27(37)38)26-19(10-13)24(36)14(2)25(39-26)16-5-6-20(32)17(11-16)12-33-4/h5-12,15,34H,32H2,1-4H3,(H,37,38)/t15-/m1/s1. The Labute approximate surface area is 221 Å². The minimum Gasteiger partial charge on any atom is -0.476 e. The molecule has 39 heavy (non-hydrogen) atoms. The zero-order chi connectivity index (χ0) is 28.6. The maximum Gasteiger partial charge on any atom is 0.433 e. The first kappa shape index (κ1) is 27.4. The average Bonchev–Trinajstić information content (AvgIpc) is 2.87. The van der Waals surface area contributed by atoms with Gasteiger partial charge >= 0.3 is 12.1 Å². The van der Waals surface area contributed by atoms with Crippen molar-refractivity contribution in [2.24, 2.45) is 4.99 Å². The van der Waals surface area contributed by atoms with Gasteiger partial charge in [0.05, 0.1) is 17.1 Å². The van der Waals surface area contributed by atoms with Crippen LogP contribution in [-0.4, -0.2) is 29.3 Å². The van der Waals surface area contributed by atoms with Crippen LogP contribution >= 0.6 is 0 Å². The molecule has 0 amide bonds. The summed E-state index contributed by atoms with van der Waals surface area (Å²) in [7, 11) is 1.61. The molecule has 2 aromatic carbocycles. The molecule has 2 aromatic heterocycles. The Balaban J connectivity index is 1.87. The van der Waals surface area contributed by atoms with Gasteiger partial charge in [0, 0.05) is 41.2 Å². The molecule has 8 nitrogen and oxygen atoms in total. The number of hydrogen-bond donors (Lipinski definition) is 3. The maximum absolute atomic E-state index is 13.4. The topological polar surface area (TPSA) is 131 Å². The molecular weight excluding hydrogens is 513 g/mol. The van der Waals surface area contributed by atoms with Crippen molar-refractivity contribution in [3.63, 3.8) is 0 Å². The molecular formula is C28H25F3N4O4. The Bertz CT molecular complexity index is 1690. The average molecular weight is 539 g/mol. The van der Waals surface area contributed by atoms with E-state index in [1.807, 2.05) is 0 Å². The second-order valence-corrected chi connectivity index (χ2v) is 9.11. The Morgan fingerprint density at radius 3 is 2.54 bits per heavy atom. The van der Waals surface area contributed by atoms with Crippen molar-refractivity contribution in [3.8, 4) is 11.3 Å². The number of carboxylic acid groups (broad SMARTS) is 1. The van der Waals surface area contributed by atoms with Crippen molar-refractivity contribution in [2.75, 3.05) is 18.1 Å². The van der Waals surface area contributed by atoms with E-state index in [4.69, 9.17) is 10.2 Å². The summed E-state index contributed by atoms with van der Waals surface area (Å²) in [5.41, 5.74) is 7.18. The summed E-state index contributed by atoms with van der Waals surface area (Å²) < 4.78 is 45.7. The van der Waals surface area contributed by atoms with E-state index in [1.54, 1.807) is 64.4 Å². The lowest BCUT2D eigenvalue weighted by Gasteiger charge is -2.20. The third-order valence-corrected chi connectivity index (χ3v) is 6.24. The van der Waals surface area contributed by atoms with Crippen LogP contribution < -0.4 is 16.5 Å². The molecule has 11 heteroatoms. The third kappa shape index (κ3) is 5.33. The number of carbonyl (C=O) groups is 1. The minimum atomic E-state index is -4.80. The van der Waals surface area contributed by atoms with Crippen molar-refractivity contribution < 1.29 is 27.5 Å². The van der Waals surface area contributed by atoms with Gasteiger partial charge in [-0.25, -0.2) is 9.78 Å². The van der Waals surface area contributed by atoms with E-state index < -0.39 is 29.6 Å². The molecule has 0 saturated carbocycles.